The number of carbonyl (C=O) groups excluding carboxylic acids is 1. The molecular weight excluding hydrogens is 234 g/mol. The van der Waals surface area contributed by atoms with Gasteiger partial charge in [0.2, 0.25) is 0 Å². The maximum Gasteiger partial charge on any atom is 0.251 e. The lowest BCUT2D eigenvalue weighted by molar-refractivity contribution is 0.0923. The summed E-state index contributed by atoms with van der Waals surface area (Å²) in [6.07, 6.45) is 5.11. The van der Waals surface area contributed by atoms with Crippen molar-refractivity contribution in [3.05, 3.63) is 34.9 Å². The Kier molecular flexibility index (Phi) is 2.83. The van der Waals surface area contributed by atoms with E-state index in [1.54, 1.807) is 12.1 Å². The first-order valence-electron chi connectivity index (χ1n) is 6.29. The van der Waals surface area contributed by atoms with E-state index < -0.39 is 0 Å². The van der Waals surface area contributed by atoms with E-state index in [0.29, 0.717) is 22.5 Å². The number of amides is 1. The Balaban J connectivity index is 1.68. The minimum absolute atomic E-state index is 0.0186. The van der Waals surface area contributed by atoms with Crippen molar-refractivity contribution in [3.63, 3.8) is 0 Å². The smallest absolute Gasteiger partial charge is 0.251 e. The molecule has 1 N–H and O–H groups in total. The Morgan fingerprint density at radius 3 is 2.82 bits per heavy atom. The minimum Gasteiger partial charge on any atom is -0.349 e. The highest BCUT2D eigenvalue weighted by Crippen LogP contribution is 2.44. The molecule has 3 atom stereocenters. The Labute approximate surface area is 106 Å². The largest absolute Gasteiger partial charge is 0.349 e. The fourth-order valence-corrected chi connectivity index (χ4v) is 3.49. The fourth-order valence-electron chi connectivity index (χ4n) is 3.30. The van der Waals surface area contributed by atoms with E-state index in [-0.39, 0.29) is 5.91 Å². The molecule has 1 aromatic rings. The number of rotatable bonds is 2. The van der Waals surface area contributed by atoms with E-state index in [1.807, 2.05) is 12.1 Å². The van der Waals surface area contributed by atoms with Gasteiger partial charge in [-0.2, -0.15) is 0 Å². The molecule has 2 saturated carbocycles. The first-order chi connectivity index (χ1) is 8.22. The average Bonchev–Trinajstić information content (AvgIpc) is 2.91. The highest BCUT2D eigenvalue weighted by Gasteiger charge is 2.40. The second-order valence-electron chi connectivity index (χ2n) is 5.27. The van der Waals surface area contributed by atoms with Crippen LogP contribution in [0.25, 0.3) is 0 Å². The summed E-state index contributed by atoms with van der Waals surface area (Å²) in [5.41, 5.74) is 0.667. The van der Waals surface area contributed by atoms with E-state index in [0.717, 1.165) is 12.3 Å². The third kappa shape index (κ3) is 2.19. The number of fused-ring (bicyclic) bond motifs is 2. The van der Waals surface area contributed by atoms with E-state index >= 15 is 0 Å². The molecular formula is C14H16ClNO. The lowest BCUT2D eigenvalue weighted by Crippen LogP contribution is -2.38. The maximum absolute atomic E-state index is 12.1. The number of hydrogen-bond donors (Lipinski definition) is 1. The first-order valence-corrected chi connectivity index (χ1v) is 6.66. The van der Waals surface area contributed by atoms with E-state index in [4.69, 9.17) is 11.6 Å². The summed E-state index contributed by atoms with van der Waals surface area (Å²) in [6, 6.07) is 7.53. The van der Waals surface area contributed by atoms with Crippen LogP contribution in [0.15, 0.2) is 24.3 Å². The van der Waals surface area contributed by atoms with Gasteiger partial charge in [0.05, 0.1) is 0 Å². The first kappa shape index (κ1) is 11.1. The molecule has 90 valence electrons. The van der Waals surface area contributed by atoms with Crippen LogP contribution in [0.4, 0.5) is 0 Å². The standard InChI is InChI=1S/C14H16ClNO/c15-12-3-1-2-11(8-12)14(17)16-13-7-9-4-5-10(13)6-9/h1-3,8-10,13H,4-7H2,(H,16,17)/t9-,10+,13-/m1/s1. The van der Waals surface area contributed by atoms with Gasteiger partial charge in [0.1, 0.15) is 0 Å². The molecule has 0 unspecified atom stereocenters. The molecule has 3 rings (SSSR count). The molecule has 3 heteroatoms. The molecule has 17 heavy (non-hydrogen) atoms. The van der Waals surface area contributed by atoms with Crippen LogP contribution in [0.5, 0.6) is 0 Å². The van der Waals surface area contributed by atoms with Crippen molar-refractivity contribution in [3.8, 4) is 0 Å². The van der Waals surface area contributed by atoms with Gasteiger partial charge in [0.15, 0.2) is 0 Å². The molecule has 0 aliphatic heterocycles. The molecule has 2 aliphatic rings. The van der Waals surface area contributed by atoms with Crippen molar-refractivity contribution in [2.75, 3.05) is 0 Å². The van der Waals surface area contributed by atoms with Crippen molar-refractivity contribution in [1.82, 2.24) is 5.32 Å². The minimum atomic E-state index is 0.0186. The molecule has 0 saturated heterocycles. The van der Waals surface area contributed by atoms with E-state index in [2.05, 4.69) is 5.32 Å². The lowest BCUT2D eigenvalue weighted by Gasteiger charge is -2.22. The Morgan fingerprint density at radius 1 is 1.29 bits per heavy atom. The molecule has 0 radical (unpaired) electrons. The molecule has 2 aliphatic carbocycles. The van der Waals surface area contributed by atoms with Crippen LogP contribution in [0.2, 0.25) is 5.02 Å². The van der Waals surface area contributed by atoms with Gasteiger partial charge in [-0.3, -0.25) is 4.79 Å². The van der Waals surface area contributed by atoms with Crippen molar-refractivity contribution in [2.45, 2.75) is 31.7 Å². The normalized spacial score (nSPS) is 30.5. The molecule has 0 spiro atoms. The monoisotopic (exact) mass is 249 g/mol. The molecule has 2 fully saturated rings. The van der Waals surface area contributed by atoms with Crippen LogP contribution in [-0.2, 0) is 0 Å². The summed E-state index contributed by atoms with van der Waals surface area (Å²) in [5.74, 6) is 1.58. The van der Waals surface area contributed by atoms with Gasteiger partial charge >= 0.3 is 0 Å². The summed E-state index contributed by atoms with van der Waals surface area (Å²) >= 11 is 5.89. The number of hydrogen-bond acceptors (Lipinski definition) is 1. The van der Waals surface area contributed by atoms with Crippen molar-refractivity contribution >= 4 is 17.5 Å². The van der Waals surface area contributed by atoms with Gasteiger partial charge in [-0.15, -0.1) is 0 Å². The number of carbonyl (C=O) groups is 1. The lowest BCUT2D eigenvalue weighted by atomic mass is 9.95. The van der Waals surface area contributed by atoms with Crippen molar-refractivity contribution in [2.24, 2.45) is 11.8 Å². The quantitative estimate of drug-likeness (QED) is 0.857. The molecule has 0 heterocycles. The second kappa shape index (κ2) is 4.34. The van der Waals surface area contributed by atoms with Crippen LogP contribution in [-0.4, -0.2) is 11.9 Å². The van der Waals surface area contributed by atoms with Crippen LogP contribution in [0, 0.1) is 11.8 Å². The zero-order chi connectivity index (χ0) is 11.8. The predicted molar refractivity (Wildman–Crippen MR) is 68.2 cm³/mol. The van der Waals surface area contributed by atoms with Crippen LogP contribution in [0.1, 0.15) is 36.0 Å². The number of benzene rings is 1. The van der Waals surface area contributed by atoms with Crippen LogP contribution < -0.4 is 5.32 Å². The van der Waals surface area contributed by atoms with E-state index in [1.165, 1.54) is 19.3 Å². The summed E-state index contributed by atoms with van der Waals surface area (Å²) < 4.78 is 0. The van der Waals surface area contributed by atoms with Gasteiger partial charge in [0, 0.05) is 16.6 Å². The number of nitrogens with one attached hydrogen (secondary N) is 1. The topological polar surface area (TPSA) is 29.1 Å². The van der Waals surface area contributed by atoms with Gasteiger partial charge in [-0.1, -0.05) is 24.1 Å². The summed E-state index contributed by atoms with van der Waals surface area (Å²) in [5, 5.41) is 3.77. The third-order valence-electron chi connectivity index (χ3n) is 4.14. The maximum atomic E-state index is 12.1. The van der Waals surface area contributed by atoms with Crippen LogP contribution in [0.3, 0.4) is 0 Å². The van der Waals surface area contributed by atoms with Gasteiger partial charge in [-0.25, -0.2) is 0 Å². The number of halogens is 1. The summed E-state index contributed by atoms with van der Waals surface area (Å²) in [7, 11) is 0. The molecule has 2 bridgehead atoms. The van der Waals surface area contributed by atoms with Crippen LogP contribution >= 0.6 is 11.6 Å². The second-order valence-corrected chi connectivity index (χ2v) is 5.70. The molecule has 2 nitrogen and oxygen atoms in total. The highest BCUT2D eigenvalue weighted by molar-refractivity contribution is 6.30. The van der Waals surface area contributed by atoms with Gasteiger partial charge in [0.25, 0.3) is 5.91 Å². The molecule has 1 aromatic carbocycles. The predicted octanol–water partition coefficient (Wildman–Crippen LogP) is 3.26. The SMILES string of the molecule is O=C(N[C@@H]1C[C@@H]2CC[C@H]1C2)c1cccc(Cl)c1. The zero-order valence-corrected chi connectivity index (χ0v) is 10.4. The van der Waals surface area contributed by atoms with Crippen molar-refractivity contribution in [1.29, 1.82) is 0 Å². The third-order valence-corrected chi connectivity index (χ3v) is 4.38. The Morgan fingerprint density at radius 2 is 2.18 bits per heavy atom. The molecule has 1 amide bonds. The Hall–Kier alpha value is -1.02. The van der Waals surface area contributed by atoms with Gasteiger partial charge in [-0.05, 0) is 49.3 Å². The Bertz CT molecular complexity index is 446. The fraction of sp³-hybridized carbons (Fsp3) is 0.500. The molecule has 0 aromatic heterocycles. The summed E-state index contributed by atoms with van der Waals surface area (Å²) in [6.45, 7) is 0. The highest BCUT2D eigenvalue weighted by atomic mass is 35.5. The zero-order valence-electron chi connectivity index (χ0n) is 9.66. The van der Waals surface area contributed by atoms with Gasteiger partial charge < -0.3 is 5.32 Å². The summed E-state index contributed by atoms with van der Waals surface area (Å²) in [4.78, 5) is 12.1. The van der Waals surface area contributed by atoms with E-state index in [9.17, 15) is 4.79 Å². The van der Waals surface area contributed by atoms with Crippen molar-refractivity contribution < 1.29 is 4.79 Å². The average molecular weight is 250 g/mol.